The number of aromatic carboxylic acids is 1. The number of halogens is 1. The number of carboxylic acids is 1. The molecule has 5 rings (SSSR count). The molecule has 0 aliphatic carbocycles. The second kappa shape index (κ2) is 6.83. The summed E-state index contributed by atoms with van der Waals surface area (Å²) in [6.07, 6.45) is 1.89. The van der Waals surface area contributed by atoms with Crippen molar-refractivity contribution >= 4 is 28.5 Å². The van der Waals surface area contributed by atoms with Crippen LogP contribution in [0.2, 0.25) is 0 Å². The van der Waals surface area contributed by atoms with Gasteiger partial charge in [-0.3, -0.25) is 9.59 Å². The lowest BCUT2D eigenvalue weighted by Crippen LogP contribution is -2.35. The van der Waals surface area contributed by atoms with Gasteiger partial charge in [-0.05, 0) is 24.6 Å². The number of hydrogen-bond acceptors (Lipinski definition) is 5. The van der Waals surface area contributed by atoms with Crippen LogP contribution in [0.1, 0.15) is 23.7 Å². The van der Waals surface area contributed by atoms with E-state index in [1.807, 2.05) is 0 Å². The molecule has 1 saturated heterocycles. The Bertz CT molecular complexity index is 1330. The number of amides is 1. The lowest BCUT2D eigenvalue weighted by Gasteiger charge is -2.29. The van der Waals surface area contributed by atoms with Crippen molar-refractivity contribution in [1.29, 1.82) is 0 Å². The van der Waals surface area contributed by atoms with E-state index in [4.69, 9.17) is 4.74 Å². The molecule has 1 aromatic heterocycles. The molecule has 3 aromatic rings. The van der Waals surface area contributed by atoms with Crippen LogP contribution in [-0.4, -0.2) is 40.7 Å². The number of ether oxygens (including phenoxy) is 1. The van der Waals surface area contributed by atoms with Gasteiger partial charge in [-0.2, -0.15) is 0 Å². The van der Waals surface area contributed by atoms with E-state index in [0.717, 1.165) is 6.07 Å². The molecule has 0 spiro atoms. The first kappa shape index (κ1) is 19.1. The molecule has 1 atom stereocenters. The number of fused-ring (bicyclic) bond motifs is 2. The zero-order valence-corrected chi connectivity index (χ0v) is 16.5. The molecule has 1 unspecified atom stereocenters. The van der Waals surface area contributed by atoms with Gasteiger partial charge in [-0.25, -0.2) is 9.18 Å². The Labute approximate surface area is 175 Å². The molecule has 2 aromatic carbocycles. The van der Waals surface area contributed by atoms with Crippen LogP contribution in [0.3, 0.4) is 0 Å². The van der Waals surface area contributed by atoms with E-state index < -0.39 is 22.8 Å². The van der Waals surface area contributed by atoms with E-state index in [9.17, 15) is 19.5 Å². The van der Waals surface area contributed by atoms with E-state index in [2.05, 4.69) is 5.32 Å². The van der Waals surface area contributed by atoms with Gasteiger partial charge in [0.15, 0.2) is 17.3 Å². The zero-order chi connectivity index (χ0) is 21.9. The zero-order valence-electron chi connectivity index (χ0n) is 16.5. The average molecular weight is 423 g/mol. The molecular formula is C22H18FN3O5. The number of carboxylic acid groups (broad SMARTS) is 1. The van der Waals surface area contributed by atoms with Crippen LogP contribution in [0.4, 0.5) is 10.1 Å². The summed E-state index contributed by atoms with van der Waals surface area (Å²) in [6, 6.07) is 7.89. The van der Waals surface area contributed by atoms with Gasteiger partial charge in [0.1, 0.15) is 16.8 Å². The van der Waals surface area contributed by atoms with Crippen LogP contribution < -0.4 is 20.4 Å². The summed E-state index contributed by atoms with van der Waals surface area (Å²) < 4.78 is 23.0. The molecular weight excluding hydrogens is 405 g/mol. The third kappa shape index (κ3) is 2.92. The van der Waals surface area contributed by atoms with E-state index in [1.165, 1.54) is 13.1 Å². The van der Waals surface area contributed by atoms with E-state index in [-0.39, 0.29) is 28.8 Å². The van der Waals surface area contributed by atoms with Gasteiger partial charge in [0.2, 0.25) is 11.3 Å². The summed E-state index contributed by atoms with van der Waals surface area (Å²) in [5.41, 5.74) is -0.170. The van der Waals surface area contributed by atoms with E-state index >= 15 is 4.39 Å². The Morgan fingerprint density at radius 1 is 1.29 bits per heavy atom. The lowest BCUT2D eigenvalue weighted by atomic mass is 10.1. The van der Waals surface area contributed by atoms with Gasteiger partial charge in [0.25, 0.3) is 0 Å². The normalized spacial score (nSPS) is 16.7. The number of carbonyl (C=O) groups excluding carboxylic acids is 1. The SMILES string of the molecule is CC(=O)NC1CCN(c2c(F)cc3c(=O)c(C(=O)O)cn4c3c2Oc2ccccc2-4)C1. The molecule has 1 fully saturated rings. The van der Waals surface area contributed by atoms with Crippen LogP contribution >= 0.6 is 0 Å². The van der Waals surface area contributed by atoms with Crippen molar-refractivity contribution in [3.05, 3.63) is 58.1 Å². The smallest absolute Gasteiger partial charge is 0.341 e. The summed E-state index contributed by atoms with van der Waals surface area (Å²) in [6.45, 7) is 2.31. The average Bonchev–Trinajstić information content (AvgIpc) is 3.16. The maximum Gasteiger partial charge on any atom is 0.341 e. The molecule has 2 aliphatic heterocycles. The molecule has 9 heteroatoms. The molecule has 8 nitrogen and oxygen atoms in total. The maximum absolute atomic E-state index is 15.3. The van der Waals surface area contributed by atoms with Crippen LogP contribution in [0.25, 0.3) is 16.6 Å². The highest BCUT2D eigenvalue weighted by Gasteiger charge is 2.33. The molecule has 0 saturated carbocycles. The Kier molecular flexibility index (Phi) is 4.21. The van der Waals surface area contributed by atoms with Gasteiger partial charge in [-0.1, -0.05) is 12.1 Å². The number of nitrogens with zero attached hydrogens (tertiary/aromatic N) is 2. The fourth-order valence-corrected chi connectivity index (χ4v) is 4.37. The first-order valence-electron chi connectivity index (χ1n) is 9.79. The minimum atomic E-state index is -1.39. The first-order chi connectivity index (χ1) is 14.8. The number of aromatic nitrogens is 1. The van der Waals surface area contributed by atoms with Crippen molar-refractivity contribution in [1.82, 2.24) is 9.88 Å². The van der Waals surface area contributed by atoms with Crippen LogP contribution in [0.15, 0.2) is 41.3 Å². The van der Waals surface area contributed by atoms with Gasteiger partial charge >= 0.3 is 5.97 Å². The quantitative estimate of drug-likeness (QED) is 0.526. The van der Waals surface area contributed by atoms with E-state index in [0.29, 0.717) is 36.5 Å². The molecule has 3 heterocycles. The second-order valence-electron chi connectivity index (χ2n) is 7.68. The van der Waals surface area contributed by atoms with Crippen molar-refractivity contribution < 1.29 is 23.8 Å². The summed E-state index contributed by atoms with van der Waals surface area (Å²) in [5.74, 6) is -1.65. The largest absolute Gasteiger partial charge is 0.477 e. The third-order valence-corrected chi connectivity index (χ3v) is 5.65. The Morgan fingerprint density at radius 3 is 2.81 bits per heavy atom. The summed E-state index contributed by atoms with van der Waals surface area (Å²) in [5, 5.41) is 12.3. The summed E-state index contributed by atoms with van der Waals surface area (Å²) in [4.78, 5) is 37.6. The third-order valence-electron chi connectivity index (χ3n) is 5.65. The van der Waals surface area contributed by atoms with Crippen molar-refractivity contribution in [2.45, 2.75) is 19.4 Å². The highest BCUT2D eigenvalue weighted by molar-refractivity contribution is 5.99. The van der Waals surface area contributed by atoms with Crippen molar-refractivity contribution in [3.63, 3.8) is 0 Å². The molecule has 31 heavy (non-hydrogen) atoms. The summed E-state index contributed by atoms with van der Waals surface area (Å²) in [7, 11) is 0. The van der Waals surface area contributed by atoms with Gasteiger partial charge in [-0.15, -0.1) is 0 Å². The minimum Gasteiger partial charge on any atom is -0.477 e. The predicted molar refractivity (Wildman–Crippen MR) is 111 cm³/mol. The molecule has 158 valence electrons. The predicted octanol–water partition coefficient (Wildman–Crippen LogP) is 2.65. The van der Waals surface area contributed by atoms with Crippen LogP contribution in [-0.2, 0) is 4.79 Å². The second-order valence-corrected chi connectivity index (χ2v) is 7.68. The fraction of sp³-hybridized carbons (Fsp3) is 0.227. The number of carbonyl (C=O) groups is 2. The highest BCUT2D eigenvalue weighted by Crippen LogP contribution is 2.47. The molecule has 0 radical (unpaired) electrons. The van der Waals surface area contributed by atoms with Crippen LogP contribution in [0.5, 0.6) is 11.5 Å². The van der Waals surface area contributed by atoms with Gasteiger partial charge in [0.05, 0.1) is 11.1 Å². The Morgan fingerprint density at radius 2 is 2.06 bits per heavy atom. The number of rotatable bonds is 3. The lowest BCUT2D eigenvalue weighted by molar-refractivity contribution is -0.119. The number of nitrogens with one attached hydrogen (secondary N) is 1. The Hall–Kier alpha value is -3.88. The van der Waals surface area contributed by atoms with Gasteiger partial charge in [0, 0.05) is 32.3 Å². The number of para-hydroxylation sites is 2. The number of anilines is 1. The summed E-state index contributed by atoms with van der Waals surface area (Å²) >= 11 is 0. The van der Waals surface area contributed by atoms with E-state index in [1.54, 1.807) is 33.7 Å². The maximum atomic E-state index is 15.3. The topological polar surface area (TPSA) is 101 Å². The van der Waals surface area contributed by atoms with Crippen molar-refractivity contribution in [2.24, 2.45) is 0 Å². The number of hydrogen-bond donors (Lipinski definition) is 2. The first-order valence-corrected chi connectivity index (χ1v) is 9.79. The fourth-order valence-electron chi connectivity index (χ4n) is 4.37. The highest BCUT2D eigenvalue weighted by atomic mass is 19.1. The van der Waals surface area contributed by atoms with Crippen molar-refractivity contribution in [2.75, 3.05) is 18.0 Å². The molecule has 1 amide bonds. The van der Waals surface area contributed by atoms with Crippen molar-refractivity contribution in [3.8, 4) is 17.2 Å². The molecule has 2 N–H and O–H groups in total. The standard InChI is InChI=1S/C22H18FN3O5/c1-11(27)24-12-6-7-25(9-12)19-15(23)8-13-18-21(19)31-17-5-3-2-4-16(17)26(18)10-14(20(13)28)22(29)30/h2-5,8,10,12H,6-7,9H2,1H3,(H,24,27)(H,29,30). The molecule has 0 bridgehead atoms. The monoisotopic (exact) mass is 423 g/mol. The number of benzene rings is 2. The van der Waals surface area contributed by atoms with Gasteiger partial charge < -0.3 is 24.6 Å². The van der Waals surface area contributed by atoms with Crippen LogP contribution in [0, 0.1) is 5.82 Å². The molecule has 2 aliphatic rings. The number of pyridine rings is 1. The Balaban J connectivity index is 1.77. The minimum absolute atomic E-state index is 0.0664.